The predicted molar refractivity (Wildman–Crippen MR) is 65.4 cm³/mol. The summed E-state index contributed by atoms with van der Waals surface area (Å²) in [6, 6.07) is 15.3. The molecule has 3 N–H and O–H groups in total. The van der Waals surface area contributed by atoms with Crippen LogP contribution in [0, 0.1) is 0 Å². The van der Waals surface area contributed by atoms with Crippen LogP contribution in [0.25, 0.3) is 0 Å². The van der Waals surface area contributed by atoms with Gasteiger partial charge in [-0.05, 0) is 0 Å². The first kappa shape index (κ1) is 10.1. The SMILES string of the molecule is Nc1ccccc1[AsH]c1ccc(O)cc1. The maximum atomic E-state index is 9.17. The van der Waals surface area contributed by atoms with Gasteiger partial charge in [-0.2, -0.15) is 0 Å². The zero-order valence-corrected chi connectivity index (χ0v) is 10.2. The van der Waals surface area contributed by atoms with Crippen molar-refractivity contribution in [2.75, 3.05) is 5.73 Å². The molecule has 2 rings (SSSR count). The van der Waals surface area contributed by atoms with Crippen molar-refractivity contribution in [3.8, 4) is 5.75 Å². The van der Waals surface area contributed by atoms with Crippen molar-refractivity contribution in [3.63, 3.8) is 0 Å². The summed E-state index contributed by atoms with van der Waals surface area (Å²) in [6.07, 6.45) is 0. The number of para-hydroxylation sites is 1. The van der Waals surface area contributed by atoms with Gasteiger partial charge >= 0.3 is 95.3 Å². The second kappa shape index (κ2) is 4.41. The number of hydrogen-bond acceptors (Lipinski definition) is 2. The summed E-state index contributed by atoms with van der Waals surface area (Å²) in [7, 11) is 0. The average molecular weight is 261 g/mol. The summed E-state index contributed by atoms with van der Waals surface area (Å²) in [5, 5.41) is 9.17. The fourth-order valence-corrected chi connectivity index (χ4v) is 3.52. The number of rotatable bonds is 2. The molecule has 0 aliphatic carbocycles. The Bertz CT molecular complexity index is 453. The number of nitrogen functional groups attached to an aromatic ring is 1. The molecule has 15 heavy (non-hydrogen) atoms. The number of benzene rings is 2. The molecule has 0 aliphatic rings. The van der Waals surface area contributed by atoms with E-state index in [4.69, 9.17) is 10.8 Å². The Balaban J connectivity index is 2.22. The zero-order chi connectivity index (χ0) is 10.7. The van der Waals surface area contributed by atoms with Crippen molar-refractivity contribution in [1.29, 1.82) is 0 Å². The van der Waals surface area contributed by atoms with Gasteiger partial charge in [-0.1, -0.05) is 0 Å². The van der Waals surface area contributed by atoms with Crippen LogP contribution in [0.2, 0.25) is 0 Å². The van der Waals surface area contributed by atoms with Crippen LogP contribution in [0.3, 0.4) is 0 Å². The Labute approximate surface area is 95.4 Å². The molecule has 76 valence electrons. The molecule has 0 aliphatic heterocycles. The van der Waals surface area contributed by atoms with Gasteiger partial charge in [0.15, 0.2) is 0 Å². The van der Waals surface area contributed by atoms with E-state index in [0.29, 0.717) is 5.75 Å². The molecule has 0 saturated carbocycles. The van der Waals surface area contributed by atoms with E-state index in [1.165, 1.54) is 8.70 Å². The van der Waals surface area contributed by atoms with Crippen LogP contribution in [0.1, 0.15) is 0 Å². The Morgan fingerprint density at radius 1 is 0.933 bits per heavy atom. The third kappa shape index (κ3) is 2.54. The first-order valence-electron chi connectivity index (χ1n) is 4.66. The van der Waals surface area contributed by atoms with E-state index in [1.54, 1.807) is 12.1 Å². The molecular weight excluding hydrogens is 249 g/mol. The van der Waals surface area contributed by atoms with E-state index in [0.717, 1.165) is 5.69 Å². The topological polar surface area (TPSA) is 46.2 Å². The quantitative estimate of drug-likeness (QED) is 0.605. The van der Waals surface area contributed by atoms with Crippen LogP contribution in [0.4, 0.5) is 5.69 Å². The fraction of sp³-hybridized carbons (Fsp3) is 0. The van der Waals surface area contributed by atoms with Gasteiger partial charge in [-0.15, -0.1) is 0 Å². The van der Waals surface area contributed by atoms with E-state index in [2.05, 4.69) is 6.07 Å². The van der Waals surface area contributed by atoms with Crippen LogP contribution < -0.4 is 14.4 Å². The summed E-state index contributed by atoms with van der Waals surface area (Å²) in [5.74, 6) is 0.311. The molecule has 0 bridgehead atoms. The van der Waals surface area contributed by atoms with Crippen LogP contribution in [0.5, 0.6) is 5.75 Å². The van der Waals surface area contributed by atoms with Crippen LogP contribution in [0.15, 0.2) is 48.5 Å². The molecule has 2 nitrogen and oxygen atoms in total. The summed E-state index contributed by atoms with van der Waals surface area (Å²) >= 11 is -0.384. The molecular formula is C12H12AsNO. The van der Waals surface area contributed by atoms with E-state index in [-0.39, 0.29) is 15.8 Å². The third-order valence-electron chi connectivity index (χ3n) is 2.11. The Morgan fingerprint density at radius 3 is 2.27 bits per heavy atom. The van der Waals surface area contributed by atoms with Gasteiger partial charge < -0.3 is 0 Å². The summed E-state index contributed by atoms with van der Waals surface area (Å²) in [4.78, 5) is 0. The number of anilines is 1. The van der Waals surface area contributed by atoms with Gasteiger partial charge in [0.2, 0.25) is 0 Å². The molecule has 1 unspecified atom stereocenters. The zero-order valence-electron chi connectivity index (χ0n) is 8.14. The monoisotopic (exact) mass is 261 g/mol. The molecule has 2 aromatic carbocycles. The third-order valence-corrected chi connectivity index (χ3v) is 4.93. The molecule has 0 saturated heterocycles. The van der Waals surface area contributed by atoms with Crippen molar-refractivity contribution in [2.24, 2.45) is 0 Å². The van der Waals surface area contributed by atoms with E-state index >= 15 is 0 Å². The normalized spacial score (nSPS) is 10.9. The summed E-state index contributed by atoms with van der Waals surface area (Å²) in [5.41, 5.74) is 6.75. The Morgan fingerprint density at radius 2 is 1.60 bits per heavy atom. The number of phenolic OH excluding ortho intramolecular Hbond substituents is 1. The van der Waals surface area contributed by atoms with Gasteiger partial charge in [0.1, 0.15) is 0 Å². The molecule has 0 heterocycles. The number of hydrogen-bond donors (Lipinski definition) is 2. The molecule has 3 heteroatoms. The maximum absolute atomic E-state index is 9.17. The van der Waals surface area contributed by atoms with Gasteiger partial charge in [0, 0.05) is 0 Å². The van der Waals surface area contributed by atoms with Crippen LogP contribution in [-0.2, 0) is 0 Å². The molecule has 0 fully saturated rings. The van der Waals surface area contributed by atoms with Gasteiger partial charge in [-0.25, -0.2) is 0 Å². The van der Waals surface area contributed by atoms with Gasteiger partial charge in [-0.3, -0.25) is 0 Å². The standard InChI is InChI=1S/C12H12AsNO/c14-12-4-2-1-3-11(12)13-9-5-7-10(15)8-6-9/h1-8,13,15H,14H2. The number of nitrogens with two attached hydrogens (primary N) is 1. The fourth-order valence-electron chi connectivity index (χ4n) is 1.31. The van der Waals surface area contributed by atoms with Crippen molar-refractivity contribution in [2.45, 2.75) is 0 Å². The van der Waals surface area contributed by atoms with Crippen molar-refractivity contribution >= 4 is 30.1 Å². The number of phenols is 1. The minimum atomic E-state index is -0.384. The van der Waals surface area contributed by atoms with Crippen LogP contribution >= 0.6 is 0 Å². The first-order chi connectivity index (χ1) is 7.25. The molecule has 0 radical (unpaired) electrons. The minimum absolute atomic E-state index is 0.311. The Kier molecular flexibility index (Phi) is 2.98. The van der Waals surface area contributed by atoms with Crippen molar-refractivity contribution < 1.29 is 5.11 Å². The van der Waals surface area contributed by atoms with Gasteiger partial charge in [0.25, 0.3) is 0 Å². The first-order valence-corrected chi connectivity index (χ1v) is 6.76. The molecule has 0 spiro atoms. The van der Waals surface area contributed by atoms with Crippen molar-refractivity contribution in [1.82, 2.24) is 0 Å². The molecule has 0 aromatic heterocycles. The van der Waals surface area contributed by atoms with Crippen LogP contribution in [-0.4, -0.2) is 20.9 Å². The summed E-state index contributed by atoms with van der Waals surface area (Å²) < 4.78 is 2.51. The molecule has 0 amide bonds. The average Bonchev–Trinajstić information content (AvgIpc) is 2.25. The Hall–Kier alpha value is -1.40. The number of aromatic hydroxyl groups is 1. The van der Waals surface area contributed by atoms with E-state index in [9.17, 15) is 0 Å². The van der Waals surface area contributed by atoms with E-state index in [1.807, 2.05) is 30.3 Å². The predicted octanol–water partition coefficient (Wildman–Crippen LogP) is 0.362. The van der Waals surface area contributed by atoms with Crippen molar-refractivity contribution in [3.05, 3.63) is 48.5 Å². The summed E-state index contributed by atoms with van der Waals surface area (Å²) in [6.45, 7) is 0. The van der Waals surface area contributed by atoms with E-state index < -0.39 is 0 Å². The molecule has 1 atom stereocenters. The second-order valence-corrected chi connectivity index (χ2v) is 6.13. The second-order valence-electron chi connectivity index (χ2n) is 3.26. The van der Waals surface area contributed by atoms with Gasteiger partial charge in [0.05, 0.1) is 0 Å². The molecule has 2 aromatic rings.